The largest absolute Gasteiger partial charge is 0.486 e. The van der Waals surface area contributed by atoms with Crippen molar-refractivity contribution in [3.05, 3.63) is 0 Å². The molecule has 0 spiro atoms. The quantitative estimate of drug-likeness (QED) is 0.139. The highest BCUT2D eigenvalue weighted by Gasteiger charge is 2.67. The maximum absolute atomic E-state index is 7.13. The van der Waals surface area contributed by atoms with E-state index < -0.39 is 35.2 Å². The van der Waals surface area contributed by atoms with Gasteiger partial charge < -0.3 is 34.2 Å². The van der Waals surface area contributed by atoms with Crippen molar-refractivity contribution < 1.29 is 34.2 Å². The highest BCUT2D eigenvalue weighted by atomic mass is 28.6. The molecule has 1 aliphatic rings. The Balaban J connectivity index is 3.80. The second-order valence-corrected chi connectivity index (χ2v) is 21.4. The lowest BCUT2D eigenvalue weighted by Crippen LogP contribution is -2.73. The molecule has 0 saturated carbocycles. The molecule has 216 valence electrons. The summed E-state index contributed by atoms with van der Waals surface area (Å²) in [5, 5.41) is 0. The van der Waals surface area contributed by atoms with Crippen LogP contribution in [-0.4, -0.2) is 61.6 Å². The van der Waals surface area contributed by atoms with Crippen molar-refractivity contribution in [2.75, 3.05) is 26.4 Å². The smallest absolute Gasteiger partial charge is 0.374 e. The van der Waals surface area contributed by atoms with Crippen LogP contribution in [0.15, 0.2) is 0 Å². The minimum atomic E-state index is -3.26. The standard InChI is InChI=1S/C24H56O8Si4/c1-9-17-25-33(21-13-5)29-34(22-14-6,26-18-10-2)31-36(24-16-8,28-20-12-4)32-35(30-33,23-15-7)27-19-11-3/h9-24H2,1-8H3. The van der Waals surface area contributed by atoms with Crippen LogP contribution in [0.1, 0.15) is 107 Å². The van der Waals surface area contributed by atoms with E-state index in [1.807, 2.05) is 0 Å². The first-order valence-corrected chi connectivity index (χ1v) is 22.4. The molecule has 1 aliphatic heterocycles. The van der Waals surface area contributed by atoms with Gasteiger partial charge >= 0.3 is 35.2 Å². The highest BCUT2D eigenvalue weighted by Crippen LogP contribution is 2.40. The summed E-state index contributed by atoms with van der Waals surface area (Å²) < 4.78 is 54.9. The highest BCUT2D eigenvalue weighted by molar-refractivity contribution is 6.89. The van der Waals surface area contributed by atoms with Crippen LogP contribution in [0.2, 0.25) is 24.2 Å². The predicted octanol–water partition coefficient (Wildman–Crippen LogP) is 7.17. The lowest BCUT2D eigenvalue weighted by molar-refractivity contribution is 0.0123. The van der Waals surface area contributed by atoms with E-state index in [-0.39, 0.29) is 0 Å². The molecule has 0 amide bonds. The Morgan fingerprint density at radius 3 is 0.667 bits per heavy atom. The van der Waals surface area contributed by atoms with Crippen LogP contribution in [-0.2, 0) is 34.2 Å². The molecule has 8 nitrogen and oxygen atoms in total. The Labute approximate surface area is 226 Å². The molecule has 0 aliphatic carbocycles. The summed E-state index contributed by atoms with van der Waals surface area (Å²) >= 11 is 0. The molecule has 0 radical (unpaired) electrons. The lowest BCUT2D eigenvalue weighted by Gasteiger charge is -2.50. The Kier molecular flexibility index (Phi) is 17.3. The van der Waals surface area contributed by atoms with Gasteiger partial charge in [-0.25, -0.2) is 0 Å². The monoisotopic (exact) mass is 584 g/mol. The summed E-state index contributed by atoms with van der Waals surface area (Å²) in [6, 6.07) is 2.72. The molecule has 0 atom stereocenters. The third-order valence-electron chi connectivity index (χ3n) is 5.57. The lowest BCUT2D eigenvalue weighted by atomic mass is 10.5. The summed E-state index contributed by atoms with van der Waals surface area (Å²) in [5.41, 5.74) is 0. The van der Waals surface area contributed by atoms with Gasteiger partial charge in [-0.15, -0.1) is 0 Å². The van der Waals surface area contributed by atoms with E-state index in [0.29, 0.717) is 50.6 Å². The van der Waals surface area contributed by atoms with Gasteiger partial charge in [0.2, 0.25) is 0 Å². The summed E-state index contributed by atoms with van der Waals surface area (Å²) in [6.45, 7) is 19.2. The van der Waals surface area contributed by atoms with Gasteiger partial charge in [-0.1, -0.05) is 81.1 Å². The fraction of sp³-hybridized carbons (Fsp3) is 1.00. The minimum absolute atomic E-state index is 0.560. The van der Waals surface area contributed by atoms with Gasteiger partial charge in [0, 0.05) is 50.6 Å². The second-order valence-electron chi connectivity index (χ2n) is 9.53. The van der Waals surface area contributed by atoms with E-state index in [1.54, 1.807) is 0 Å². The topological polar surface area (TPSA) is 73.8 Å². The van der Waals surface area contributed by atoms with Crippen LogP contribution in [0.5, 0.6) is 0 Å². The van der Waals surface area contributed by atoms with Gasteiger partial charge in [-0.3, -0.25) is 0 Å². The molecule has 1 rings (SSSR count). The first-order valence-electron chi connectivity index (χ1n) is 14.7. The van der Waals surface area contributed by atoms with E-state index in [1.165, 1.54) is 0 Å². The van der Waals surface area contributed by atoms with Crippen molar-refractivity contribution in [2.45, 2.75) is 131 Å². The van der Waals surface area contributed by atoms with Gasteiger partial charge in [0.1, 0.15) is 0 Å². The first kappa shape index (κ1) is 34.6. The van der Waals surface area contributed by atoms with Crippen molar-refractivity contribution in [2.24, 2.45) is 0 Å². The molecular weight excluding hydrogens is 529 g/mol. The Morgan fingerprint density at radius 2 is 0.528 bits per heavy atom. The van der Waals surface area contributed by atoms with E-state index >= 15 is 0 Å². The zero-order chi connectivity index (χ0) is 27.0. The van der Waals surface area contributed by atoms with Crippen LogP contribution in [0.4, 0.5) is 0 Å². The fourth-order valence-corrected chi connectivity index (χ4v) is 24.2. The van der Waals surface area contributed by atoms with Gasteiger partial charge in [-0.2, -0.15) is 0 Å². The van der Waals surface area contributed by atoms with Gasteiger partial charge in [-0.05, 0) is 25.7 Å². The Hall–Kier alpha value is 0.548. The fourth-order valence-electron chi connectivity index (χ4n) is 4.22. The van der Waals surface area contributed by atoms with Gasteiger partial charge in [0.15, 0.2) is 0 Å². The molecule has 1 heterocycles. The summed E-state index contributed by atoms with van der Waals surface area (Å²) in [6.07, 6.45) is 6.97. The molecule has 0 aromatic carbocycles. The van der Waals surface area contributed by atoms with Crippen molar-refractivity contribution >= 4 is 35.2 Å². The van der Waals surface area contributed by atoms with E-state index in [9.17, 15) is 0 Å². The maximum atomic E-state index is 7.13. The Morgan fingerprint density at radius 1 is 0.333 bits per heavy atom. The Bertz CT molecular complexity index is 468. The van der Waals surface area contributed by atoms with Crippen molar-refractivity contribution in [3.8, 4) is 0 Å². The van der Waals surface area contributed by atoms with Crippen LogP contribution in [0.3, 0.4) is 0 Å². The van der Waals surface area contributed by atoms with E-state index in [0.717, 1.165) is 51.4 Å². The van der Waals surface area contributed by atoms with Gasteiger partial charge in [0.25, 0.3) is 0 Å². The molecule has 0 aromatic heterocycles. The third kappa shape index (κ3) is 10.6. The van der Waals surface area contributed by atoms with Crippen LogP contribution >= 0.6 is 0 Å². The molecule has 1 saturated heterocycles. The second kappa shape index (κ2) is 18.0. The predicted molar refractivity (Wildman–Crippen MR) is 153 cm³/mol. The van der Waals surface area contributed by atoms with Crippen LogP contribution in [0.25, 0.3) is 0 Å². The average molecular weight is 585 g/mol. The normalized spacial score (nSPS) is 31.3. The van der Waals surface area contributed by atoms with Crippen molar-refractivity contribution in [3.63, 3.8) is 0 Å². The van der Waals surface area contributed by atoms with Crippen molar-refractivity contribution in [1.29, 1.82) is 0 Å². The molecule has 1 fully saturated rings. The summed E-state index contributed by atoms with van der Waals surface area (Å²) in [7, 11) is -13.0. The maximum Gasteiger partial charge on any atom is 0.486 e. The van der Waals surface area contributed by atoms with E-state index in [2.05, 4.69) is 55.4 Å². The number of hydrogen-bond acceptors (Lipinski definition) is 8. The molecule has 0 unspecified atom stereocenters. The summed E-state index contributed by atoms with van der Waals surface area (Å²) in [4.78, 5) is 0. The number of hydrogen-bond donors (Lipinski definition) is 0. The minimum Gasteiger partial charge on any atom is -0.374 e. The third-order valence-corrected chi connectivity index (χ3v) is 22.6. The number of rotatable bonds is 20. The average Bonchev–Trinajstić information content (AvgIpc) is 2.84. The van der Waals surface area contributed by atoms with Crippen LogP contribution in [0, 0.1) is 0 Å². The zero-order valence-electron chi connectivity index (χ0n) is 24.6. The first-order chi connectivity index (χ1) is 17.3. The molecule has 12 heteroatoms. The molecule has 36 heavy (non-hydrogen) atoms. The molecule has 0 bridgehead atoms. The molecular formula is C24H56O8Si4. The molecule has 0 N–H and O–H groups in total. The molecule has 0 aromatic rings. The SMILES string of the molecule is CCCO[Si]1(CCC)O[Si](CCC)(OCCC)O[Si](CCC)(OCCC)O[Si](CCC)(OCCC)O1. The van der Waals surface area contributed by atoms with Crippen LogP contribution < -0.4 is 0 Å². The van der Waals surface area contributed by atoms with Gasteiger partial charge in [0.05, 0.1) is 0 Å². The van der Waals surface area contributed by atoms with E-state index in [4.69, 9.17) is 34.2 Å². The zero-order valence-corrected chi connectivity index (χ0v) is 28.6. The summed E-state index contributed by atoms with van der Waals surface area (Å²) in [5.74, 6) is 0. The van der Waals surface area contributed by atoms with Crippen molar-refractivity contribution in [1.82, 2.24) is 0 Å².